The van der Waals surface area contributed by atoms with E-state index in [1.165, 1.54) is 0 Å². The number of hydrogen-bond donors (Lipinski definition) is 0. The minimum atomic E-state index is -0.575. The summed E-state index contributed by atoms with van der Waals surface area (Å²) in [6.07, 6.45) is 0. The Hall–Kier alpha value is -7.13. The maximum Gasteiger partial charge on any atom is 0.114 e. The summed E-state index contributed by atoms with van der Waals surface area (Å²) in [6.45, 7) is 0. The first-order valence-corrected chi connectivity index (χ1v) is 13.6. The molecule has 4 rings (SSSR count). The third-order valence-corrected chi connectivity index (χ3v) is 8.05. The summed E-state index contributed by atoms with van der Waals surface area (Å²) in [5, 5.41) is 92.6. The third-order valence-electron chi connectivity index (χ3n) is 8.05. The Labute approximate surface area is 304 Å². The first kappa shape index (κ1) is 36.7. The van der Waals surface area contributed by atoms with Crippen LogP contribution in [-0.2, 0) is 0 Å². The predicted octanol–water partition coefficient (Wildman–Crippen LogP) is -5.69. The van der Waals surface area contributed by atoms with E-state index in [0.29, 0.717) is 0 Å². The molecule has 18 radical (unpaired) electrons. The second-order valence-electron chi connectivity index (χ2n) is 10.4. The molecule has 0 heterocycles. The van der Waals surface area contributed by atoms with Gasteiger partial charge in [0.2, 0.25) is 0 Å². The highest BCUT2D eigenvalue weighted by atomic mass is 14.5. The smallest absolute Gasteiger partial charge is 0.114 e. The fourth-order valence-corrected chi connectivity index (χ4v) is 5.52. The molecule has 0 aliphatic heterocycles. The van der Waals surface area contributed by atoms with Gasteiger partial charge in [0, 0.05) is 33.4 Å². The molecule has 0 N–H and O–H groups in total. The summed E-state index contributed by atoms with van der Waals surface area (Å²) in [5.41, 5.74) is -10.6. The maximum atomic E-state index is 10.6. The zero-order valence-electron chi connectivity index (χ0n) is 25.7. The number of hydrogen-bond acceptors (Lipinski definition) is 9. The van der Waals surface area contributed by atoms with Gasteiger partial charge in [-0.1, -0.05) is 32.8 Å². The molecule has 1 aliphatic carbocycles. The van der Waals surface area contributed by atoms with E-state index in [4.69, 9.17) is 70.6 Å². The van der Waals surface area contributed by atoms with E-state index in [1.807, 2.05) is 18.2 Å². The Morgan fingerprint density at radius 2 is 0.431 bits per heavy atom. The molecular weight excluding hydrogens is 620 g/mol. The average molecular weight is 620 g/mol. The first-order chi connectivity index (χ1) is 24.2. The molecule has 18 heteroatoms. The summed E-state index contributed by atoms with van der Waals surface area (Å²) in [6, 6.07) is 16.2. The molecule has 51 heavy (non-hydrogen) atoms. The van der Waals surface area contributed by atoms with Gasteiger partial charge in [-0.3, -0.25) is 0 Å². The molecule has 1 aliphatic rings. The van der Waals surface area contributed by atoms with Gasteiger partial charge >= 0.3 is 0 Å². The van der Waals surface area contributed by atoms with Crippen LogP contribution >= 0.6 is 0 Å². The van der Waals surface area contributed by atoms with Gasteiger partial charge < -0.3 is 0 Å². The van der Waals surface area contributed by atoms with E-state index in [2.05, 4.69) is 0 Å². The minimum absolute atomic E-state index is 0.342. The minimum Gasteiger partial charge on any atom is -0.192 e. The summed E-state index contributed by atoms with van der Waals surface area (Å²) >= 11 is 0. The van der Waals surface area contributed by atoms with Gasteiger partial charge in [0.25, 0.3) is 0 Å². The van der Waals surface area contributed by atoms with Crippen molar-refractivity contribution in [2.24, 2.45) is 0 Å². The molecule has 0 atom stereocenters. The molecule has 1 fully saturated rings. The van der Waals surface area contributed by atoms with E-state index in [9.17, 15) is 47.4 Å². The molecule has 9 nitrogen and oxygen atoms in total. The number of nitriles is 9. The van der Waals surface area contributed by atoms with Gasteiger partial charge in [-0.25, -0.2) is 0 Å². The lowest BCUT2D eigenvalue weighted by atomic mass is 9.66. The topological polar surface area (TPSA) is 214 Å². The average Bonchev–Trinajstić information content (AvgIpc) is 3.84. The van der Waals surface area contributed by atoms with Crippen LogP contribution in [0.25, 0.3) is 16.7 Å². The number of allylic oxidation sites excluding steroid dienone is 6. The molecule has 0 bridgehead atoms. The van der Waals surface area contributed by atoms with Crippen molar-refractivity contribution in [2.45, 2.75) is 0 Å². The predicted molar refractivity (Wildman–Crippen MR) is 194 cm³/mol. The van der Waals surface area contributed by atoms with Crippen molar-refractivity contribution in [2.75, 3.05) is 0 Å². The molecular formula is C33B9N9. The van der Waals surface area contributed by atoms with Crippen molar-refractivity contribution in [3.05, 3.63) is 66.8 Å². The lowest BCUT2D eigenvalue weighted by molar-refractivity contribution is 1.44. The Balaban J connectivity index is 2.51. The van der Waals surface area contributed by atoms with Crippen LogP contribution in [-0.4, -0.2) is 70.6 Å². The lowest BCUT2D eigenvalue weighted by Gasteiger charge is -2.16. The fourth-order valence-electron chi connectivity index (χ4n) is 5.52. The second kappa shape index (κ2) is 13.8. The quantitative estimate of drug-likeness (QED) is 0.201. The monoisotopic (exact) mass is 621 g/mol. The van der Waals surface area contributed by atoms with Crippen LogP contribution in [0.15, 0.2) is 16.7 Å². The van der Waals surface area contributed by atoms with Crippen molar-refractivity contribution >= 4 is 137 Å². The summed E-state index contributed by atoms with van der Waals surface area (Å²) in [4.78, 5) is 0. The maximum absolute atomic E-state index is 10.6. The van der Waals surface area contributed by atoms with Gasteiger partial charge in [-0.15, -0.1) is 16.4 Å². The Bertz CT molecular complexity index is 2300. The summed E-state index contributed by atoms with van der Waals surface area (Å²) in [5.74, 6) is 0. The molecule has 204 valence electrons. The normalized spacial score (nSPS) is 10.8. The van der Waals surface area contributed by atoms with Gasteiger partial charge in [0.15, 0.2) is 0 Å². The van der Waals surface area contributed by atoms with Gasteiger partial charge in [-0.05, 0) is 0 Å². The molecule has 0 saturated heterocycles. The van der Waals surface area contributed by atoms with Crippen LogP contribution in [0.4, 0.5) is 0 Å². The lowest BCUT2D eigenvalue weighted by Crippen LogP contribution is -2.43. The van der Waals surface area contributed by atoms with Crippen LogP contribution in [0.3, 0.4) is 0 Å². The largest absolute Gasteiger partial charge is 0.192 e. The second-order valence-corrected chi connectivity index (χ2v) is 10.4. The molecule has 0 spiro atoms. The summed E-state index contributed by atoms with van der Waals surface area (Å²) < 4.78 is 0. The van der Waals surface area contributed by atoms with E-state index in [0.717, 1.165) is 0 Å². The van der Waals surface area contributed by atoms with Crippen LogP contribution in [0.5, 0.6) is 0 Å². The summed E-state index contributed by atoms with van der Waals surface area (Å²) in [7, 11) is 54.3. The fraction of sp³-hybridized carbons (Fsp3) is 0. The zero-order valence-corrected chi connectivity index (χ0v) is 25.7. The first-order valence-electron chi connectivity index (χ1n) is 13.6. The number of rotatable bonds is 3. The molecule has 0 unspecified atom stereocenters. The highest BCUT2D eigenvalue weighted by Gasteiger charge is 2.44. The molecule has 1 saturated carbocycles. The Morgan fingerprint density at radius 1 is 0.275 bits per heavy atom. The number of benzene rings is 3. The van der Waals surface area contributed by atoms with E-state index >= 15 is 0 Å². The van der Waals surface area contributed by atoms with Crippen LogP contribution in [0.2, 0.25) is 0 Å². The zero-order chi connectivity index (χ0) is 38.2. The van der Waals surface area contributed by atoms with E-state index < -0.39 is 99.6 Å². The van der Waals surface area contributed by atoms with Crippen molar-refractivity contribution < 1.29 is 0 Å². The van der Waals surface area contributed by atoms with Crippen LogP contribution < -0.4 is 49.2 Å². The highest BCUT2D eigenvalue weighted by molar-refractivity contribution is 6.60. The van der Waals surface area contributed by atoms with Crippen molar-refractivity contribution in [3.8, 4) is 54.6 Å². The highest BCUT2D eigenvalue weighted by Crippen LogP contribution is 2.56. The third kappa shape index (κ3) is 5.24. The van der Waals surface area contributed by atoms with Gasteiger partial charge in [0.05, 0.1) is 86.5 Å². The van der Waals surface area contributed by atoms with Gasteiger partial charge in [-0.2, -0.15) is 47.4 Å². The van der Waals surface area contributed by atoms with E-state index in [1.54, 1.807) is 36.4 Å². The van der Waals surface area contributed by atoms with Crippen LogP contribution in [0.1, 0.15) is 50.1 Å². The Kier molecular flexibility index (Phi) is 9.91. The molecule has 0 aromatic heterocycles. The molecule has 0 amide bonds. The van der Waals surface area contributed by atoms with Gasteiger partial charge in [0.1, 0.15) is 88.8 Å². The van der Waals surface area contributed by atoms with Crippen LogP contribution in [0, 0.1) is 102 Å². The van der Waals surface area contributed by atoms with E-state index in [-0.39, 0.29) is 33.1 Å². The number of nitrogens with zero attached hydrogens (tertiary/aromatic N) is 9. The van der Waals surface area contributed by atoms with Crippen molar-refractivity contribution in [1.29, 1.82) is 47.4 Å². The van der Waals surface area contributed by atoms with Crippen molar-refractivity contribution in [3.63, 3.8) is 0 Å². The standard InChI is InChI=1S/C33B9N9/c34-25-13(4-46)19(14(5-47)26(35)31(25)40)10(1-43)22-23(11(2-44)20-15(6-48)27(36)32(41)28(37)16(20)7-49)24(22)12(3-45)21-17(8-50)29(38)33(42)30(39)18(21)9-51. The van der Waals surface area contributed by atoms with Crippen molar-refractivity contribution in [1.82, 2.24) is 0 Å². The molecule has 3 aromatic rings. The SMILES string of the molecule is [B]c1c([B])c(C#N)c(C(C#N)=C2C(=C(C#N)c3c(C#N)c([B])c([B])c([B])c3C#N)C2=C(C#N)c2c(C#N)c([B])c([B])c([B])c2C#N)c(C#N)c1[B]. The Morgan fingerprint density at radius 3 is 0.549 bits per heavy atom. The molecule has 3 aromatic carbocycles.